The number of ether oxygens (including phenoxy) is 1. The molecule has 0 amide bonds. The molecule has 0 spiro atoms. The number of hydrogen-bond donors (Lipinski definition) is 2. The summed E-state index contributed by atoms with van der Waals surface area (Å²) < 4.78 is 5.21. The van der Waals surface area contributed by atoms with Crippen molar-refractivity contribution in [3.63, 3.8) is 0 Å². The second-order valence-corrected chi connectivity index (χ2v) is 5.74. The maximum atomic E-state index is 6.15. The van der Waals surface area contributed by atoms with Gasteiger partial charge in [0.05, 0.1) is 17.8 Å². The fourth-order valence-corrected chi connectivity index (χ4v) is 2.41. The first-order valence-corrected chi connectivity index (χ1v) is 7.85. The minimum absolute atomic E-state index is 0.556. The lowest BCUT2D eigenvalue weighted by Gasteiger charge is -2.10. The fourth-order valence-electron chi connectivity index (χ4n) is 2.07. The van der Waals surface area contributed by atoms with Crippen molar-refractivity contribution in [2.45, 2.75) is 0 Å². The molecule has 0 radical (unpaired) electrons. The quantitative estimate of drug-likeness (QED) is 0.648. The Labute approximate surface area is 149 Å². The molecule has 24 heavy (non-hydrogen) atoms. The minimum Gasteiger partial charge on any atom is -0.497 e. The summed E-state index contributed by atoms with van der Waals surface area (Å²) in [5.41, 5.74) is 1.54. The average molecular weight is 361 g/mol. The van der Waals surface area contributed by atoms with Crippen molar-refractivity contribution < 1.29 is 4.74 Å². The van der Waals surface area contributed by atoms with Gasteiger partial charge in [0.25, 0.3) is 0 Å². The maximum Gasteiger partial charge on any atom is 0.135 e. The van der Waals surface area contributed by atoms with Gasteiger partial charge in [-0.1, -0.05) is 29.3 Å². The van der Waals surface area contributed by atoms with E-state index in [4.69, 9.17) is 27.9 Å². The summed E-state index contributed by atoms with van der Waals surface area (Å²) in [6, 6.07) is 14.5. The number of nitrogens with one attached hydrogen (secondary N) is 2. The molecule has 122 valence electrons. The van der Waals surface area contributed by atoms with Crippen LogP contribution in [0.5, 0.6) is 5.75 Å². The van der Waals surface area contributed by atoms with E-state index in [1.807, 2.05) is 24.3 Å². The SMILES string of the molecule is COc1cccc(Nc2cc(Nc3cc(Cl)ccc3Cl)ncn2)c1. The highest BCUT2D eigenvalue weighted by molar-refractivity contribution is 6.35. The standard InChI is InChI=1S/C17H14Cl2N4O/c1-24-13-4-2-3-12(8-13)22-16-9-17(21-10-20-16)23-15-7-11(18)5-6-14(15)19/h2-10H,1H3,(H2,20,21,22,23). The van der Waals surface area contributed by atoms with Crippen LogP contribution in [-0.4, -0.2) is 17.1 Å². The molecule has 0 atom stereocenters. The zero-order valence-electron chi connectivity index (χ0n) is 12.8. The van der Waals surface area contributed by atoms with Crippen LogP contribution in [-0.2, 0) is 0 Å². The number of hydrogen-bond acceptors (Lipinski definition) is 5. The molecule has 0 saturated heterocycles. The summed E-state index contributed by atoms with van der Waals surface area (Å²) in [6.45, 7) is 0. The van der Waals surface area contributed by atoms with Crippen LogP contribution in [0.2, 0.25) is 10.0 Å². The summed E-state index contributed by atoms with van der Waals surface area (Å²) in [7, 11) is 1.63. The Morgan fingerprint density at radius 2 is 1.71 bits per heavy atom. The van der Waals surface area contributed by atoms with E-state index in [2.05, 4.69) is 20.6 Å². The first kappa shape index (κ1) is 16.4. The predicted octanol–water partition coefficient (Wildman–Crippen LogP) is 5.28. The van der Waals surface area contributed by atoms with Crippen molar-refractivity contribution >= 4 is 46.2 Å². The van der Waals surface area contributed by atoms with E-state index < -0.39 is 0 Å². The smallest absolute Gasteiger partial charge is 0.135 e. The number of benzene rings is 2. The lowest BCUT2D eigenvalue weighted by atomic mass is 10.3. The van der Waals surface area contributed by atoms with Gasteiger partial charge in [-0.25, -0.2) is 9.97 Å². The molecule has 0 aliphatic rings. The van der Waals surface area contributed by atoms with Crippen LogP contribution in [0.25, 0.3) is 0 Å². The Kier molecular flexibility index (Phi) is 5.03. The molecule has 3 rings (SSSR count). The third kappa shape index (κ3) is 4.07. The number of nitrogens with zero attached hydrogens (tertiary/aromatic N) is 2. The van der Waals surface area contributed by atoms with E-state index in [1.165, 1.54) is 6.33 Å². The van der Waals surface area contributed by atoms with E-state index in [-0.39, 0.29) is 0 Å². The molecule has 7 heteroatoms. The van der Waals surface area contributed by atoms with E-state index in [9.17, 15) is 0 Å². The highest BCUT2D eigenvalue weighted by Crippen LogP contribution is 2.28. The molecular weight excluding hydrogens is 347 g/mol. The molecule has 0 unspecified atom stereocenters. The Balaban J connectivity index is 1.80. The second kappa shape index (κ2) is 7.38. The molecule has 0 saturated carbocycles. The van der Waals surface area contributed by atoms with Gasteiger partial charge in [0.1, 0.15) is 23.7 Å². The zero-order chi connectivity index (χ0) is 16.9. The topological polar surface area (TPSA) is 59.1 Å². The van der Waals surface area contributed by atoms with Gasteiger partial charge in [0, 0.05) is 22.8 Å². The maximum absolute atomic E-state index is 6.15. The van der Waals surface area contributed by atoms with Crippen LogP contribution < -0.4 is 15.4 Å². The van der Waals surface area contributed by atoms with Gasteiger partial charge in [-0.2, -0.15) is 0 Å². The number of methoxy groups -OCH3 is 1. The summed E-state index contributed by atoms with van der Waals surface area (Å²) in [5.74, 6) is 2.00. The van der Waals surface area contributed by atoms with Gasteiger partial charge in [-0.15, -0.1) is 0 Å². The Morgan fingerprint density at radius 1 is 0.917 bits per heavy atom. The molecule has 0 aliphatic carbocycles. The largest absolute Gasteiger partial charge is 0.497 e. The van der Waals surface area contributed by atoms with Gasteiger partial charge in [0.2, 0.25) is 0 Å². The van der Waals surface area contributed by atoms with Gasteiger partial charge in [-0.05, 0) is 30.3 Å². The molecule has 1 heterocycles. The number of anilines is 4. The summed E-state index contributed by atoms with van der Waals surface area (Å²) in [6.07, 6.45) is 1.46. The third-order valence-corrected chi connectivity index (χ3v) is 3.77. The molecule has 0 aliphatic heterocycles. The third-order valence-electron chi connectivity index (χ3n) is 3.20. The normalized spacial score (nSPS) is 10.3. The number of rotatable bonds is 5. The van der Waals surface area contributed by atoms with E-state index >= 15 is 0 Å². The van der Waals surface area contributed by atoms with Gasteiger partial charge in [0.15, 0.2) is 0 Å². The van der Waals surface area contributed by atoms with Gasteiger partial charge < -0.3 is 15.4 Å². The fraction of sp³-hybridized carbons (Fsp3) is 0.0588. The predicted molar refractivity (Wildman–Crippen MR) is 98.1 cm³/mol. The van der Waals surface area contributed by atoms with Crippen molar-refractivity contribution in [2.75, 3.05) is 17.7 Å². The summed E-state index contributed by atoms with van der Waals surface area (Å²) in [5, 5.41) is 7.47. The minimum atomic E-state index is 0.556. The number of halogens is 2. The summed E-state index contributed by atoms with van der Waals surface area (Å²) in [4.78, 5) is 8.40. The lowest BCUT2D eigenvalue weighted by Crippen LogP contribution is -1.99. The van der Waals surface area contributed by atoms with Crippen LogP contribution in [0.15, 0.2) is 54.9 Å². The van der Waals surface area contributed by atoms with E-state index in [1.54, 1.807) is 31.4 Å². The second-order valence-electron chi connectivity index (χ2n) is 4.89. The van der Waals surface area contributed by atoms with Crippen molar-refractivity contribution in [3.05, 3.63) is 64.9 Å². The van der Waals surface area contributed by atoms with Crippen molar-refractivity contribution in [1.82, 2.24) is 9.97 Å². The van der Waals surface area contributed by atoms with Crippen LogP contribution in [0.3, 0.4) is 0 Å². The van der Waals surface area contributed by atoms with Crippen molar-refractivity contribution in [1.29, 1.82) is 0 Å². The average Bonchev–Trinajstić information content (AvgIpc) is 2.59. The highest BCUT2D eigenvalue weighted by atomic mass is 35.5. The van der Waals surface area contributed by atoms with Gasteiger partial charge >= 0.3 is 0 Å². The first-order valence-electron chi connectivity index (χ1n) is 7.09. The van der Waals surface area contributed by atoms with Crippen molar-refractivity contribution in [2.24, 2.45) is 0 Å². The Morgan fingerprint density at radius 3 is 2.50 bits per heavy atom. The molecule has 2 N–H and O–H groups in total. The number of aromatic nitrogens is 2. The zero-order valence-corrected chi connectivity index (χ0v) is 14.3. The van der Waals surface area contributed by atoms with Crippen molar-refractivity contribution in [3.8, 4) is 5.75 Å². The summed E-state index contributed by atoms with van der Waals surface area (Å²) >= 11 is 12.1. The van der Waals surface area contributed by atoms with Gasteiger partial charge in [-0.3, -0.25) is 0 Å². The van der Waals surface area contributed by atoms with E-state index in [0.29, 0.717) is 27.4 Å². The Hall–Kier alpha value is -2.50. The van der Waals surface area contributed by atoms with E-state index in [0.717, 1.165) is 11.4 Å². The molecule has 0 bridgehead atoms. The molecule has 0 fully saturated rings. The monoisotopic (exact) mass is 360 g/mol. The van der Waals surface area contributed by atoms with Crippen LogP contribution in [0.1, 0.15) is 0 Å². The molecule has 5 nitrogen and oxygen atoms in total. The van der Waals surface area contributed by atoms with Crippen LogP contribution in [0, 0.1) is 0 Å². The molecule has 2 aromatic carbocycles. The Bertz CT molecular complexity index is 857. The molecule has 1 aromatic heterocycles. The molecule has 3 aromatic rings. The van der Waals surface area contributed by atoms with Crippen LogP contribution >= 0.6 is 23.2 Å². The first-order chi connectivity index (χ1) is 11.6. The van der Waals surface area contributed by atoms with Crippen LogP contribution in [0.4, 0.5) is 23.0 Å². The highest BCUT2D eigenvalue weighted by Gasteiger charge is 2.05. The lowest BCUT2D eigenvalue weighted by molar-refractivity contribution is 0.415. The molecular formula is C17H14Cl2N4O.